The Morgan fingerprint density at radius 1 is 1.44 bits per heavy atom. The largest absolute Gasteiger partial charge is 0.375 e. The van der Waals surface area contributed by atoms with Crippen LogP contribution in [0.3, 0.4) is 0 Å². The van der Waals surface area contributed by atoms with Crippen molar-refractivity contribution in [3.8, 4) is 6.07 Å². The highest BCUT2D eigenvalue weighted by Gasteiger charge is 2.41. The van der Waals surface area contributed by atoms with Crippen LogP contribution in [0.1, 0.15) is 45.4 Å². The Labute approximate surface area is 98.4 Å². The van der Waals surface area contributed by atoms with Gasteiger partial charge in [-0.1, -0.05) is 12.8 Å². The van der Waals surface area contributed by atoms with Gasteiger partial charge in [-0.05, 0) is 39.7 Å². The Balaban J connectivity index is 1.99. The second-order valence-corrected chi connectivity index (χ2v) is 5.36. The molecule has 0 radical (unpaired) electrons. The smallest absolute Gasteiger partial charge is 0.0949 e. The van der Waals surface area contributed by atoms with E-state index in [0.29, 0.717) is 6.04 Å². The number of nitrogens with zero attached hydrogens (tertiary/aromatic N) is 2. The summed E-state index contributed by atoms with van der Waals surface area (Å²) in [5, 5.41) is 8.97. The Morgan fingerprint density at radius 2 is 2.12 bits per heavy atom. The van der Waals surface area contributed by atoms with E-state index in [1.54, 1.807) is 0 Å². The van der Waals surface area contributed by atoms with E-state index in [2.05, 4.69) is 18.0 Å². The van der Waals surface area contributed by atoms with Crippen LogP contribution in [0, 0.1) is 11.3 Å². The molecule has 1 saturated heterocycles. The Hall–Kier alpha value is -0.590. The van der Waals surface area contributed by atoms with Crippen molar-refractivity contribution in [1.82, 2.24) is 4.90 Å². The minimum atomic E-state index is 0.0153. The molecule has 1 aliphatic carbocycles. The van der Waals surface area contributed by atoms with Gasteiger partial charge in [0.2, 0.25) is 0 Å². The molecule has 0 N–H and O–H groups in total. The second kappa shape index (κ2) is 4.73. The Morgan fingerprint density at radius 3 is 2.75 bits per heavy atom. The molecule has 3 heteroatoms. The van der Waals surface area contributed by atoms with Crippen LogP contribution in [0.5, 0.6) is 0 Å². The predicted octanol–water partition coefficient (Wildman–Crippen LogP) is 2.32. The van der Waals surface area contributed by atoms with E-state index in [4.69, 9.17) is 10.00 Å². The van der Waals surface area contributed by atoms with Crippen LogP contribution in [-0.2, 0) is 4.74 Å². The highest BCUT2D eigenvalue weighted by Crippen LogP contribution is 2.41. The zero-order chi connectivity index (χ0) is 11.6. The van der Waals surface area contributed by atoms with Crippen LogP contribution >= 0.6 is 0 Å². The molecule has 1 spiro atoms. The average molecular weight is 222 g/mol. The fourth-order valence-corrected chi connectivity index (χ4v) is 3.12. The molecule has 0 aromatic heterocycles. The monoisotopic (exact) mass is 222 g/mol. The predicted molar refractivity (Wildman–Crippen MR) is 63.0 cm³/mol. The summed E-state index contributed by atoms with van der Waals surface area (Å²) in [4.78, 5) is 2.22. The van der Waals surface area contributed by atoms with E-state index in [9.17, 15) is 0 Å². The molecule has 0 aromatic rings. The Bertz CT molecular complexity index is 278. The van der Waals surface area contributed by atoms with E-state index < -0.39 is 0 Å². The van der Waals surface area contributed by atoms with Crippen LogP contribution in [0.4, 0.5) is 0 Å². The standard InChI is InChI=1S/C13H22N2O/c1-11(10-14)15(2)12-5-8-16-13(9-12)6-3-4-7-13/h11-12H,3-9H2,1-2H3. The van der Waals surface area contributed by atoms with E-state index >= 15 is 0 Å². The minimum absolute atomic E-state index is 0.0153. The summed E-state index contributed by atoms with van der Waals surface area (Å²) in [5.41, 5.74) is 0.159. The van der Waals surface area contributed by atoms with E-state index in [1.807, 2.05) is 6.92 Å². The molecule has 2 atom stereocenters. The molecule has 1 aliphatic heterocycles. The third-order valence-corrected chi connectivity index (χ3v) is 4.36. The fraction of sp³-hybridized carbons (Fsp3) is 0.923. The van der Waals surface area contributed by atoms with Crippen molar-refractivity contribution in [3.63, 3.8) is 0 Å². The summed E-state index contributed by atoms with van der Waals surface area (Å²) in [6.45, 7) is 2.85. The molecule has 1 saturated carbocycles. The first-order chi connectivity index (χ1) is 7.67. The SMILES string of the molecule is CC(C#N)N(C)C1CCOC2(CCCC2)C1. The lowest BCUT2D eigenvalue weighted by Crippen LogP contribution is -2.48. The number of hydrogen-bond donors (Lipinski definition) is 0. The molecule has 90 valence electrons. The maximum absolute atomic E-state index is 8.97. The highest BCUT2D eigenvalue weighted by atomic mass is 16.5. The third-order valence-electron chi connectivity index (χ3n) is 4.36. The van der Waals surface area contributed by atoms with Gasteiger partial charge in [0.1, 0.15) is 0 Å². The van der Waals surface area contributed by atoms with E-state index in [0.717, 1.165) is 19.4 Å². The van der Waals surface area contributed by atoms with Gasteiger partial charge in [-0.25, -0.2) is 0 Å². The van der Waals surface area contributed by atoms with Crippen LogP contribution < -0.4 is 0 Å². The van der Waals surface area contributed by atoms with Gasteiger partial charge >= 0.3 is 0 Å². The van der Waals surface area contributed by atoms with Gasteiger partial charge in [-0.2, -0.15) is 5.26 Å². The van der Waals surface area contributed by atoms with Crippen molar-refractivity contribution >= 4 is 0 Å². The van der Waals surface area contributed by atoms with Crippen molar-refractivity contribution in [2.45, 2.75) is 63.1 Å². The summed E-state index contributed by atoms with van der Waals surface area (Å²) in [7, 11) is 2.08. The van der Waals surface area contributed by atoms with E-state index in [1.165, 1.54) is 25.7 Å². The summed E-state index contributed by atoms with van der Waals surface area (Å²) >= 11 is 0. The van der Waals surface area contributed by atoms with E-state index in [-0.39, 0.29) is 11.6 Å². The molecule has 0 amide bonds. The molecule has 0 bridgehead atoms. The normalized spacial score (nSPS) is 30.5. The van der Waals surface area contributed by atoms with Crippen LogP contribution in [0.2, 0.25) is 0 Å². The lowest BCUT2D eigenvalue weighted by atomic mass is 9.88. The molecule has 2 unspecified atom stereocenters. The minimum Gasteiger partial charge on any atom is -0.375 e. The molecule has 0 aromatic carbocycles. The van der Waals surface area contributed by atoms with Gasteiger partial charge in [-0.15, -0.1) is 0 Å². The second-order valence-electron chi connectivity index (χ2n) is 5.36. The van der Waals surface area contributed by atoms with Crippen molar-refractivity contribution < 1.29 is 4.74 Å². The summed E-state index contributed by atoms with van der Waals surface area (Å²) in [6, 6.07) is 2.87. The van der Waals surface area contributed by atoms with Gasteiger partial charge < -0.3 is 4.74 Å². The van der Waals surface area contributed by atoms with Crippen LogP contribution in [-0.4, -0.2) is 36.2 Å². The molecule has 2 aliphatic rings. The van der Waals surface area contributed by atoms with Crippen LogP contribution in [0.15, 0.2) is 0 Å². The number of rotatable bonds is 2. The van der Waals surface area contributed by atoms with Crippen molar-refractivity contribution in [1.29, 1.82) is 5.26 Å². The molecular formula is C13H22N2O. The third kappa shape index (κ3) is 2.23. The first-order valence-corrected chi connectivity index (χ1v) is 6.42. The van der Waals surface area contributed by atoms with Gasteiger partial charge in [-0.3, -0.25) is 4.90 Å². The van der Waals surface area contributed by atoms with Gasteiger partial charge in [0, 0.05) is 12.6 Å². The van der Waals surface area contributed by atoms with Gasteiger partial charge in [0.15, 0.2) is 0 Å². The number of hydrogen-bond acceptors (Lipinski definition) is 3. The first-order valence-electron chi connectivity index (χ1n) is 6.42. The quantitative estimate of drug-likeness (QED) is 0.719. The van der Waals surface area contributed by atoms with Crippen molar-refractivity contribution in [3.05, 3.63) is 0 Å². The molecule has 2 rings (SSSR count). The van der Waals surface area contributed by atoms with Crippen molar-refractivity contribution in [2.24, 2.45) is 0 Å². The zero-order valence-electron chi connectivity index (χ0n) is 10.4. The summed E-state index contributed by atoms with van der Waals surface area (Å²) < 4.78 is 6.01. The lowest BCUT2D eigenvalue weighted by molar-refractivity contribution is -0.100. The zero-order valence-corrected chi connectivity index (χ0v) is 10.4. The van der Waals surface area contributed by atoms with Gasteiger partial charge in [0.25, 0.3) is 0 Å². The summed E-state index contributed by atoms with van der Waals surface area (Å²) in [5.74, 6) is 0. The molecule has 1 heterocycles. The van der Waals surface area contributed by atoms with Crippen LogP contribution in [0.25, 0.3) is 0 Å². The topological polar surface area (TPSA) is 36.3 Å². The van der Waals surface area contributed by atoms with Crippen molar-refractivity contribution in [2.75, 3.05) is 13.7 Å². The molecule has 16 heavy (non-hydrogen) atoms. The molecular weight excluding hydrogens is 200 g/mol. The average Bonchev–Trinajstić information content (AvgIpc) is 2.75. The maximum atomic E-state index is 8.97. The number of nitriles is 1. The number of ether oxygens (including phenoxy) is 1. The lowest BCUT2D eigenvalue weighted by Gasteiger charge is -2.42. The fourth-order valence-electron chi connectivity index (χ4n) is 3.12. The van der Waals surface area contributed by atoms with Gasteiger partial charge in [0.05, 0.1) is 17.7 Å². The molecule has 2 fully saturated rings. The first kappa shape index (κ1) is 11.9. The summed E-state index contributed by atoms with van der Waals surface area (Å²) in [6.07, 6.45) is 7.25. The molecule has 3 nitrogen and oxygen atoms in total. The maximum Gasteiger partial charge on any atom is 0.0949 e. The highest BCUT2D eigenvalue weighted by molar-refractivity contribution is 4.97. The Kier molecular flexibility index (Phi) is 3.51.